The minimum absolute atomic E-state index is 0.0299. The summed E-state index contributed by atoms with van der Waals surface area (Å²) in [5, 5.41) is 23.3. The van der Waals surface area contributed by atoms with E-state index in [1.165, 1.54) is 26.1 Å². The number of ether oxygens (including phenoxy) is 3. The van der Waals surface area contributed by atoms with Gasteiger partial charge in [0, 0.05) is 36.4 Å². The third-order valence-corrected chi connectivity index (χ3v) is 7.93. The molecule has 3 aromatic heterocycles. The minimum Gasteiger partial charge on any atom is -0.495 e. The number of anilines is 3. The molecular formula is C25H26N8O6S. The molecule has 1 aliphatic carbocycles. The molecular weight excluding hydrogens is 540 g/mol. The van der Waals surface area contributed by atoms with Gasteiger partial charge in [-0.15, -0.1) is 0 Å². The van der Waals surface area contributed by atoms with Gasteiger partial charge >= 0.3 is 0 Å². The number of hydrogen-bond donors (Lipinski definition) is 3. The van der Waals surface area contributed by atoms with Crippen LogP contribution in [-0.4, -0.2) is 60.1 Å². The van der Waals surface area contributed by atoms with Gasteiger partial charge in [-0.1, -0.05) is 5.16 Å². The number of sulfonamides is 1. The Kier molecular flexibility index (Phi) is 6.21. The van der Waals surface area contributed by atoms with E-state index in [1.807, 2.05) is 6.07 Å². The molecule has 0 amide bonds. The smallest absolute Gasteiger partial charge is 0.270 e. The Balaban J connectivity index is 1.33. The van der Waals surface area contributed by atoms with Gasteiger partial charge in [0.1, 0.15) is 22.9 Å². The third kappa shape index (κ3) is 4.64. The van der Waals surface area contributed by atoms with Crippen LogP contribution in [-0.2, 0) is 17.1 Å². The fourth-order valence-electron chi connectivity index (χ4n) is 4.40. The molecule has 0 bridgehead atoms. The summed E-state index contributed by atoms with van der Waals surface area (Å²) in [6, 6.07) is 8.35. The number of fused-ring (bicyclic) bond motifs is 1. The first-order chi connectivity index (χ1) is 19.3. The van der Waals surface area contributed by atoms with E-state index >= 15 is 0 Å². The number of aryl methyl sites for hydroxylation is 1. The molecule has 0 saturated heterocycles. The molecule has 208 valence electrons. The average Bonchev–Trinajstić information content (AvgIpc) is 3.34. The molecule has 3 N–H and O–H groups in total. The number of nitrogens with zero attached hydrogens (tertiary/aromatic N) is 5. The highest BCUT2D eigenvalue weighted by atomic mass is 32.2. The molecule has 1 fully saturated rings. The molecule has 1 saturated carbocycles. The zero-order chi connectivity index (χ0) is 28.0. The van der Waals surface area contributed by atoms with E-state index in [-0.39, 0.29) is 22.2 Å². The Labute approximate surface area is 228 Å². The summed E-state index contributed by atoms with van der Waals surface area (Å²) in [5.41, 5.74) is 3.08. The van der Waals surface area contributed by atoms with E-state index in [2.05, 4.69) is 35.6 Å². The summed E-state index contributed by atoms with van der Waals surface area (Å²) in [6.45, 7) is 0. The maximum Gasteiger partial charge on any atom is 0.270 e. The van der Waals surface area contributed by atoms with Crippen molar-refractivity contribution in [1.82, 2.24) is 30.3 Å². The van der Waals surface area contributed by atoms with Gasteiger partial charge in [-0.25, -0.2) is 8.42 Å². The standard InChI is InChI=1S/C25H26N8O6S/c1-33-26-12-18(30-33)14-7-21(37-3)24(22(8-14)38-4)40(34,35)32-25-15-9-20(36-2)17(10-19(15)39-31-25)27-23-11-16(28-29-23)13-5-6-13/h7-13H,5-6H2,1-4H3,(H,31,32)(H2,27,28,29). The number of nitrogens with one attached hydrogen (secondary N) is 3. The van der Waals surface area contributed by atoms with Crippen molar-refractivity contribution in [3.63, 3.8) is 0 Å². The topological polar surface area (TPSA) is 171 Å². The lowest BCUT2D eigenvalue weighted by molar-refractivity contribution is 0.374. The number of H-pyrrole nitrogens is 1. The average molecular weight is 567 g/mol. The molecule has 2 aromatic carbocycles. The predicted molar refractivity (Wildman–Crippen MR) is 145 cm³/mol. The van der Waals surface area contributed by atoms with E-state index in [9.17, 15) is 8.42 Å². The van der Waals surface area contributed by atoms with Crippen LogP contribution in [0, 0.1) is 0 Å². The zero-order valence-corrected chi connectivity index (χ0v) is 22.9. The van der Waals surface area contributed by atoms with Gasteiger partial charge in [-0.2, -0.15) is 20.1 Å². The molecule has 15 heteroatoms. The summed E-state index contributed by atoms with van der Waals surface area (Å²) >= 11 is 0. The minimum atomic E-state index is -4.27. The molecule has 5 aromatic rings. The highest BCUT2D eigenvalue weighted by molar-refractivity contribution is 7.93. The molecule has 6 rings (SSSR count). The Bertz CT molecular complexity index is 1800. The first-order valence-corrected chi connectivity index (χ1v) is 13.7. The highest BCUT2D eigenvalue weighted by Crippen LogP contribution is 2.42. The number of rotatable bonds is 10. The lowest BCUT2D eigenvalue weighted by atomic mass is 10.1. The van der Waals surface area contributed by atoms with Crippen molar-refractivity contribution >= 4 is 38.3 Å². The molecule has 1 aliphatic rings. The Morgan fingerprint density at radius 2 is 1.75 bits per heavy atom. The number of hydrogen-bond acceptors (Lipinski definition) is 11. The predicted octanol–water partition coefficient (Wildman–Crippen LogP) is 3.79. The van der Waals surface area contributed by atoms with Crippen LogP contribution in [0.4, 0.5) is 17.3 Å². The molecule has 0 unspecified atom stereocenters. The number of aromatic amines is 1. The van der Waals surface area contributed by atoms with Crippen molar-refractivity contribution in [2.45, 2.75) is 23.7 Å². The van der Waals surface area contributed by atoms with Crippen LogP contribution in [0.25, 0.3) is 22.2 Å². The van der Waals surface area contributed by atoms with Crippen molar-refractivity contribution in [2.75, 3.05) is 31.4 Å². The zero-order valence-electron chi connectivity index (χ0n) is 22.0. The number of benzene rings is 2. The largest absolute Gasteiger partial charge is 0.495 e. The van der Waals surface area contributed by atoms with Crippen LogP contribution in [0.15, 0.2) is 45.9 Å². The Morgan fingerprint density at radius 1 is 1.02 bits per heavy atom. The highest BCUT2D eigenvalue weighted by Gasteiger charge is 2.29. The van der Waals surface area contributed by atoms with Crippen LogP contribution in [0.1, 0.15) is 24.5 Å². The van der Waals surface area contributed by atoms with Gasteiger partial charge in [-0.3, -0.25) is 9.82 Å². The summed E-state index contributed by atoms with van der Waals surface area (Å²) in [5.74, 6) is 1.66. The van der Waals surface area contributed by atoms with Crippen LogP contribution < -0.4 is 24.2 Å². The van der Waals surface area contributed by atoms with E-state index in [0.29, 0.717) is 45.4 Å². The molecule has 40 heavy (non-hydrogen) atoms. The normalized spacial score (nSPS) is 13.4. The maximum atomic E-state index is 13.6. The first kappa shape index (κ1) is 25.5. The first-order valence-electron chi connectivity index (χ1n) is 12.2. The van der Waals surface area contributed by atoms with E-state index < -0.39 is 10.0 Å². The third-order valence-electron chi connectivity index (χ3n) is 6.53. The quantitative estimate of drug-likeness (QED) is 0.225. The van der Waals surface area contributed by atoms with E-state index in [1.54, 1.807) is 37.5 Å². The van der Waals surface area contributed by atoms with Gasteiger partial charge < -0.3 is 24.1 Å². The SMILES string of the molecule is COc1cc2c(NS(=O)(=O)c3c(OC)cc(-c4cnn(C)n4)cc3OC)noc2cc1Nc1cc(C2CC2)[nH]n1. The van der Waals surface area contributed by atoms with Gasteiger partial charge in [0.2, 0.25) is 0 Å². The second kappa shape index (κ2) is 9.75. The fourth-order valence-corrected chi connectivity index (χ4v) is 5.71. The second-order valence-electron chi connectivity index (χ2n) is 9.22. The van der Waals surface area contributed by atoms with Gasteiger partial charge in [0.25, 0.3) is 10.0 Å². The van der Waals surface area contributed by atoms with Crippen LogP contribution in [0.3, 0.4) is 0 Å². The summed E-state index contributed by atoms with van der Waals surface area (Å²) in [4.78, 5) is 1.18. The Hall–Kier alpha value is -4.79. The lowest BCUT2D eigenvalue weighted by Crippen LogP contribution is -2.16. The summed E-state index contributed by atoms with van der Waals surface area (Å²) in [7, 11) is 1.66. The molecule has 0 aliphatic heterocycles. The van der Waals surface area contributed by atoms with Crippen molar-refractivity contribution in [2.24, 2.45) is 7.05 Å². The van der Waals surface area contributed by atoms with Crippen molar-refractivity contribution in [3.05, 3.63) is 42.2 Å². The second-order valence-corrected chi connectivity index (χ2v) is 10.8. The Morgan fingerprint density at radius 3 is 2.38 bits per heavy atom. The number of methoxy groups -OCH3 is 3. The van der Waals surface area contributed by atoms with Gasteiger partial charge in [0.05, 0.1) is 38.6 Å². The van der Waals surface area contributed by atoms with Crippen molar-refractivity contribution in [1.29, 1.82) is 0 Å². The monoisotopic (exact) mass is 566 g/mol. The molecule has 14 nitrogen and oxygen atoms in total. The van der Waals surface area contributed by atoms with E-state index in [4.69, 9.17) is 18.7 Å². The molecule has 0 atom stereocenters. The lowest BCUT2D eigenvalue weighted by Gasteiger charge is -2.15. The maximum absolute atomic E-state index is 13.6. The molecule has 0 radical (unpaired) electrons. The molecule has 3 heterocycles. The van der Waals surface area contributed by atoms with Crippen molar-refractivity contribution in [3.8, 4) is 28.5 Å². The fraction of sp³-hybridized carbons (Fsp3) is 0.280. The van der Waals surface area contributed by atoms with Crippen molar-refractivity contribution < 1.29 is 27.2 Å². The molecule has 0 spiro atoms. The summed E-state index contributed by atoms with van der Waals surface area (Å²) in [6.07, 6.45) is 3.85. The van der Waals surface area contributed by atoms with Crippen LogP contribution >= 0.6 is 0 Å². The van der Waals surface area contributed by atoms with E-state index in [0.717, 1.165) is 18.5 Å². The van der Waals surface area contributed by atoms with Gasteiger partial charge in [-0.05, 0) is 31.0 Å². The van der Waals surface area contributed by atoms with Crippen LogP contribution in [0.5, 0.6) is 17.2 Å². The number of aromatic nitrogens is 6. The van der Waals surface area contributed by atoms with Crippen LogP contribution in [0.2, 0.25) is 0 Å². The summed E-state index contributed by atoms with van der Waals surface area (Å²) < 4.78 is 51.7. The van der Waals surface area contributed by atoms with Gasteiger partial charge in [0.15, 0.2) is 22.1 Å².